The third-order valence-electron chi connectivity index (χ3n) is 1.87. The van der Waals surface area contributed by atoms with Crippen molar-refractivity contribution in [3.63, 3.8) is 0 Å². The molecule has 0 aliphatic rings. The van der Waals surface area contributed by atoms with Crippen LogP contribution in [0.3, 0.4) is 0 Å². The molecule has 0 radical (unpaired) electrons. The molecule has 4 nitrogen and oxygen atoms in total. The monoisotopic (exact) mass is 314 g/mol. The van der Waals surface area contributed by atoms with Gasteiger partial charge in [0.15, 0.2) is 0 Å². The van der Waals surface area contributed by atoms with E-state index < -0.39 is 0 Å². The van der Waals surface area contributed by atoms with E-state index in [1.165, 1.54) is 20.8 Å². The Hall–Kier alpha value is -2.88. The van der Waals surface area contributed by atoms with Gasteiger partial charge in [-0.2, -0.15) is 0 Å². The van der Waals surface area contributed by atoms with Crippen molar-refractivity contribution in [3.8, 4) is 0 Å². The van der Waals surface area contributed by atoms with E-state index in [1.54, 1.807) is 24.3 Å². The summed E-state index contributed by atoms with van der Waals surface area (Å²) in [6.45, 7) is 4.50. The molecule has 0 saturated carbocycles. The highest BCUT2D eigenvalue weighted by atomic mass is 16.1. The van der Waals surface area contributed by atoms with Crippen molar-refractivity contribution in [3.05, 3.63) is 71.8 Å². The normalized spacial score (nSPS) is 7.61. The largest absolute Gasteiger partial charge is 0.304 e. The zero-order valence-corrected chi connectivity index (χ0v) is 13.6. The van der Waals surface area contributed by atoms with Gasteiger partial charge in [-0.1, -0.05) is 60.7 Å². The number of benzene rings is 2. The lowest BCUT2D eigenvalue weighted by molar-refractivity contribution is -0.115. The van der Waals surface area contributed by atoms with Crippen LogP contribution in [-0.4, -0.2) is 24.6 Å². The Balaban J connectivity index is 0. The van der Waals surface area contributed by atoms with Crippen molar-refractivity contribution < 1.29 is 19.2 Å². The molecule has 0 N–H and O–H groups in total. The molecule has 0 bridgehead atoms. The van der Waals surface area contributed by atoms with E-state index in [0.29, 0.717) is 0 Å². The molecule has 2 rings (SSSR count). The standard InChI is InChI=1S/2C7H6O.C3H6O.C2H4O/c2*8-6-7-4-2-1-3-5-7;1-3(2)4;1-2-3/h2*1-6H;1-2H3;2H,1H3. The molecular weight excluding hydrogens is 292 g/mol. The van der Waals surface area contributed by atoms with E-state index in [1.807, 2.05) is 36.4 Å². The van der Waals surface area contributed by atoms with E-state index >= 15 is 0 Å². The maximum atomic E-state index is 10.0. The number of hydrogen-bond donors (Lipinski definition) is 0. The Kier molecular flexibility index (Phi) is 16.7. The van der Waals surface area contributed by atoms with Gasteiger partial charge in [0.2, 0.25) is 0 Å². The van der Waals surface area contributed by atoms with Gasteiger partial charge in [-0.25, -0.2) is 0 Å². The van der Waals surface area contributed by atoms with Crippen molar-refractivity contribution in [2.75, 3.05) is 0 Å². The number of ketones is 1. The minimum Gasteiger partial charge on any atom is -0.304 e. The van der Waals surface area contributed by atoms with Crippen LogP contribution in [0.15, 0.2) is 60.7 Å². The second-order valence-corrected chi connectivity index (χ2v) is 4.20. The van der Waals surface area contributed by atoms with Gasteiger partial charge in [-0.05, 0) is 20.8 Å². The quantitative estimate of drug-likeness (QED) is 0.791. The van der Waals surface area contributed by atoms with E-state index in [9.17, 15) is 14.4 Å². The molecule has 0 heterocycles. The summed E-state index contributed by atoms with van der Waals surface area (Å²) in [5.41, 5.74) is 1.46. The van der Waals surface area contributed by atoms with Gasteiger partial charge in [0.25, 0.3) is 0 Å². The van der Waals surface area contributed by atoms with Gasteiger partial charge in [-0.15, -0.1) is 0 Å². The molecule has 0 fully saturated rings. The van der Waals surface area contributed by atoms with Crippen molar-refractivity contribution in [2.24, 2.45) is 0 Å². The summed E-state index contributed by atoms with van der Waals surface area (Å²) in [7, 11) is 0. The van der Waals surface area contributed by atoms with Crippen molar-refractivity contribution in [1.29, 1.82) is 0 Å². The molecular formula is C19H22O4. The third-order valence-corrected chi connectivity index (χ3v) is 1.87. The summed E-state index contributed by atoms with van der Waals surface area (Å²) in [5, 5.41) is 0. The summed E-state index contributed by atoms with van der Waals surface area (Å²) in [6, 6.07) is 18.2. The predicted octanol–water partition coefficient (Wildman–Crippen LogP) is 3.80. The van der Waals surface area contributed by atoms with E-state index in [-0.39, 0.29) is 5.78 Å². The topological polar surface area (TPSA) is 68.3 Å². The molecule has 4 heteroatoms. The van der Waals surface area contributed by atoms with Gasteiger partial charge in [0, 0.05) is 11.1 Å². The van der Waals surface area contributed by atoms with Crippen LogP contribution in [0.2, 0.25) is 0 Å². The minimum absolute atomic E-state index is 0.167. The van der Waals surface area contributed by atoms with Gasteiger partial charge < -0.3 is 9.59 Å². The molecule has 2 aromatic rings. The van der Waals surface area contributed by atoms with Crippen LogP contribution >= 0.6 is 0 Å². The summed E-state index contributed by atoms with van der Waals surface area (Å²) >= 11 is 0. The van der Waals surface area contributed by atoms with Crippen molar-refractivity contribution in [2.45, 2.75) is 20.8 Å². The SMILES string of the molecule is CC(C)=O.CC=O.O=Cc1ccccc1.O=Cc1ccccc1. The minimum atomic E-state index is 0.167. The lowest BCUT2D eigenvalue weighted by Gasteiger charge is -1.81. The summed E-state index contributed by atoms with van der Waals surface area (Å²) in [5.74, 6) is 0.167. The molecule has 0 aliphatic carbocycles. The Morgan fingerprint density at radius 2 is 0.913 bits per heavy atom. The average molecular weight is 314 g/mol. The molecule has 0 saturated heterocycles. The molecule has 23 heavy (non-hydrogen) atoms. The first kappa shape index (κ1) is 22.4. The summed E-state index contributed by atoms with van der Waals surface area (Å²) < 4.78 is 0. The number of aldehydes is 3. The predicted molar refractivity (Wildman–Crippen MR) is 91.8 cm³/mol. The first-order valence-corrected chi connectivity index (χ1v) is 6.89. The molecule has 0 amide bonds. The van der Waals surface area contributed by atoms with Crippen molar-refractivity contribution in [1.82, 2.24) is 0 Å². The zero-order valence-electron chi connectivity index (χ0n) is 13.6. The number of rotatable bonds is 2. The Morgan fingerprint density at radius 3 is 1.04 bits per heavy atom. The molecule has 0 spiro atoms. The van der Waals surface area contributed by atoms with Crippen molar-refractivity contribution >= 4 is 24.6 Å². The fourth-order valence-corrected chi connectivity index (χ4v) is 1.06. The number of carbonyl (C=O) groups is 4. The first-order chi connectivity index (χ1) is 11.0. The number of Topliss-reactive ketones (excluding diaryl/α,β-unsaturated/α-hetero) is 1. The lowest BCUT2D eigenvalue weighted by atomic mass is 10.2. The molecule has 2 aromatic carbocycles. The molecule has 0 atom stereocenters. The highest BCUT2D eigenvalue weighted by Gasteiger charge is 1.80. The fraction of sp³-hybridized carbons (Fsp3) is 0.158. The van der Waals surface area contributed by atoms with E-state index in [0.717, 1.165) is 30.0 Å². The Morgan fingerprint density at radius 1 is 0.696 bits per heavy atom. The Bertz CT molecular complexity index is 501. The molecule has 0 unspecified atom stereocenters. The van der Waals surface area contributed by atoms with E-state index in [2.05, 4.69) is 0 Å². The average Bonchev–Trinajstić information content (AvgIpc) is 2.57. The summed E-state index contributed by atoms with van der Waals surface area (Å²) in [6.07, 6.45) is 2.42. The second kappa shape index (κ2) is 17.2. The number of carbonyl (C=O) groups excluding carboxylic acids is 4. The van der Waals surface area contributed by atoms with Crippen LogP contribution in [0.25, 0.3) is 0 Å². The van der Waals surface area contributed by atoms with Gasteiger partial charge in [-0.3, -0.25) is 9.59 Å². The van der Waals surface area contributed by atoms with Crippen LogP contribution in [0.1, 0.15) is 41.5 Å². The maximum Gasteiger partial charge on any atom is 0.150 e. The van der Waals surface area contributed by atoms with Crippen LogP contribution in [-0.2, 0) is 9.59 Å². The second-order valence-electron chi connectivity index (χ2n) is 4.20. The summed E-state index contributed by atoms with van der Waals surface area (Å²) in [4.78, 5) is 38.3. The lowest BCUT2D eigenvalue weighted by Crippen LogP contribution is -1.73. The van der Waals surface area contributed by atoms with Gasteiger partial charge in [0.05, 0.1) is 0 Å². The van der Waals surface area contributed by atoms with Crippen LogP contribution in [0.5, 0.6) is 0 Å². The van der Waals surface area contributed by atoms with E-state index in [4.69, 9.17) is 4.79 Å². The number of hydrogen-bond acceptors (Lipinski definition) is 4. The highest BCUT2D eigenvalue weighted by molar-refractivity contribution is 5.74. The smallest absolute Gasteiger partial charge is 0.150 e. The van der Waals surface area contributed by atoms with Gasteiger partial charge >= 0.3 is 0 Å². The van der Waals surface area contributed by atoms with Crippen LogP contribution in [0.4, 0.5) is 0 Å². The third kappa shape index (κ3) is 19.1. The zero-order chi connectivity index (χ0) is 17.9. The molecule has 0 aliphatic heterocycles. The highest BCUT2D eigenvalue weighted by Crippen LogP contribution is 1.92. The fourth-order valence-electron chi connectivity index (χ4n) is 1.06. The van der Waals surface area contributed by atoms with Crippen LogP contribution < -0.4 is 0 Å². The molecule has 122 valence electrons. The maximum absolute atomic E-state index is 10.0. The first-order valence-electron chi connectivity index (χ1n) is 6.89. The Labute approximate surface area is 137 Å². The van der Waals surface area contributed by atoms with Gasteiger partial charge in [0.1, 0.15) is 24.6 Å². The molecule has 0 aromatic heterocycles. The van der Waals surface area contributed by atoms with Crippen LogP contribution in [0, 0.1) is 0 Å².